The molecular formula is C23H36BrNO4S. The zero-order valence-electron chi connectivity index (χ0n) is 18.9. The molecule has 0 spiro atoms. The number of amides is 1. The van der Waals surface area contributed by atoms with Crippen molar-refractivity contribution in [2.75, 3.05) is 17.6 Å². The van der Waals surface area contributed by atoms with E-state index >= 15 is 0 Å². The maximum absolute atomic E-state index is 11.5. The Morgan fingerprint density at radius 3 is 2.07 bits per heavy atom. The van der Waals surface area contributed by atoms with Crippen LogP contribution in [0.2, 0.25) is 0 Å². The van der Waals surface area contributed by atoms with Crippen LogP contribution in [0.3, 0.4) is 0 Å². The Bertz CT molecular complexity index is 642. The lowest BCUT2D eigenvalue weighted by Crippen LogP contribution is -2.33. The summed E-state index contributed by atoms with van der Waals surface area (Å²) in [5.74, 6) is 1.32. The lowest BCUT2D eigenvalue weighted by Gasteiger charge is -2.19. The van der Waals surface area contributed by atoms with Gasteiger partial charge in [0.15, 0.2) is 0 Å². The number of Topliss-reactive ketones (excluding diaryl/α,β-unsaturated/α-hetero) is 2. The number of alkyl carbamates (subject to hydrolysis) is 1. The van der Waals surface area contributed by atoms with E-state index in [4.69, 9.17) is 4.74 Å². The van der Waals surface area contributed by atoms with Gasteiger partial charge in [-0.3, -0.25) is 9.59 Å². The number of nitrogens with one attached hydrogen (secondary N) is 1. The Kier molecular flexibility index (Phi) is 15.6. The van der Waals surface area contributed by atoms with Gasteiger partial charge in [-0.15, -0.1) is 11.8 Å². The average Bonchev–Trinajstić information content (AvgIpc) is 2.61. The largest absolute Gasteiger partial charge is 0.444 e. The quantitative estimate of drug-likeness (QED) is 0.230. The molecule has 1 amide bonds. The molecule has 0 unspecified atom stereocenters. The Morgan fingerprint density at radius 1 is 1.00 bits per heavy atom. The summed E-state index contributed by atoms with van der Waals surface area (Å²) < 4.78 is 5.19. The normalized spacial score (nSPS) is 10.6. The van der Waals surface area contributed by atoms with Gasteiger partial charge in [-0.05, 0) is 71.6 Å². The number of rotatable bonds is 11. The summed E-state index contributed by atoms with van der Waals surface area (Å²) in [5, 5.41) is 3.57. The summed E-state index contributed by atoms with van der Waals surface area (Å²) >= 11 is 4.84. The number of carbonyl (C=O) groups excluding carboxylic acids is 3. The number of hydrogen-bond donors (Lipinski definition) is 1. The predicted molar refractivity (Wildman–Crippen MR) is 129 cm³/mol. The highest BCUT2D eigenvalue weighted by Crippen LogP contribution is 2.20. The Hall–Kier alpha value is -1.34. The van der Waals surface area contributed by atoms with Gasteiger partial charge in [-0.25, -0.2) is 4.79 Å². The van der Waals surface area contributed by atoms with Crippen molar-refractivity contribution >= 4 is 45.4 Å². The molecule has 0 saturated carbocycles. The molecule has 1 aromatic rings. The number of halogens is 1. The summed E-state index contributed by atoms with van der Waals surface area (Å²) in [6.45, 7) is 9.41. The molecule has 170 valence electrons. The highest BCUT2D eigenvalue weighted by atomic mass is 79.9. The fourth-order valence-electron chi connectivity index (χ4n) is 2.16. The van der Waals surface area contributed by atoms with Crippen LogP contribution in [-0.4, -0.2) is 40.9 Å². The van der Waals surface area contributed by atoms with Gasteiger partial charge < -0.3 is 10.1 Å². The first-order valence-electron chi connectivity index (χ1n) is 10.3. The van der Waals surface area contributed by atoms with Gasteiger partial charge in [0.1, 0.15) is 17.2 Å². The molecule has 1 aromatic carbocycles. The van der Waals surface area contributed by atoms with Crippen LogP contribution in [0.15, 0.2) is 29.2 Å². The molecule has 0 aliphatic carbocycles. The van der Waals surface area contributed by atoms with E-state index in [0.717, 1.165) is 30.3 Å². The lowest BCUT2D eigenvalue weighted by atomic mass is 10.1. The number of benzene rings is 1. The van der Waals surface area contributed by atoms with E-state index in [1.54, 1.807) is 25.6 Å². The number of ketones is 2. The van der Waals surface area contributed by atoms with E-state index in [1.165, 1.54) is 10.5 Å². The van der Waals surface area contributed by atoms with Gasteiger partial charge in [0.2, 0.25) is 0 Å². The summed E-state index contributed by atoms with van der Waals surface area (Å²) in [6.07, 6.45) is 3.86. The van der Waals surface area contributed by atoms with Crippen LogP contribution in [0.25, 0.3) is 0 Å². The lowest BCUT2D eigenvalue weighted by molar-refractivity contribution is -0.117. The molecule has 5 nitrogen and oxygen atoms in total. The minimum atomic E-state index is -0.450. The van der Waals surface area contributed by atoms with Gasteiger partial charge in [0, 0.05) is 35.4 Å². The summed E-state index contributed by atoms with van der Waals surface area (Å²) in [5.41, 5.74) is 0.844. The van der Waals surface area contributed by atoms with Crippen LogP contribution in [0, 0.1) is 0 Å². The van der Waals surface area contributed by atoms with Gasteiger partial charge in [0.05, 0.1) is 0 Å². The zero-order chi connectivity index (χ0) is 23.0. The van der Waals surface area contributed by atoms with Gasteiger partial charge in [-0.2, -0.15) is 0 Å². The zero-order valence-corrected chi connectivity index (χ0v) is 21.3. The average molecular weight is 503 g/mol. The van der Waals surface area contributed by atoms with Crippen molar-refractivity contribution in [3.8, 4) is 0 Å². The third-order valence-corrected chi connectivity index (χ3v) is 5.06. The number of alkyl halides is 1. The molecule has 0 aliphatic heterocycles. The number of unbranched alkanes of at least 4 members (excludes halogenated alkanes) is 1. The molecule has 0 aliphatic rings. The molecule has 1 N–H and O–H groups in total. The van der Waals surface area contributed by atoms with Gasteiger partial charge >= 0.3 is 6.09 Å². The van der Waals surface area contributed by atoms with Crippen LogP contribution >= 0.6 is 27.7 Å². The van der Waals surface area contributed by atoms with Crippen molar-refractivity contribution in [3.63, 3.8) is 0 Å². The first-order valence-corrected chi connectivity index (χ1v) is 12.4. The second-order valence-corrected chi connectivity index (χ2v) is 9.93. The molecule has 0 radical (unpaired) electrons. The van der Waals surface area contributed by atoms with Crippen LogP contribution in [-0.2, 0) is 20.7 Å². The highest BCUT2D eigenvalue weighted by Gasteiger charge is 2.15. The maximum Gasteiger partial charge on any atom is 0.407 e. The monoisotopic (exact) mass is 501 g/mol. The second kappa shape index (κ2) is 16.4. The number of ether oxygens (including phenoxy) is 1. The molecule has 0 bridgehead atoms. The van der Waals surface area contributed by atoms with Crippen molar-refractivity contribution < 1.29 is 19.1 Å². The summed E-state index contributed by atoms with van der Waals surface area (Å²) in [7, 11) is 0. The van der Waals surface area contributed by atoms with E-state index in [0.29, 0.717) is 19.4 Å². The molecule has 0 saturated heterocycles. The minimum Gasteiger partial charge on any atom is -0.444 e. The van der Waals surface area contributed by atoms with Crippen molar-refractivity contribution in [2.24, 2.45) is 0 Å². The SMILES string of the molecule is CC(=O)CCBr.CC(=O)CCSc1ccc(CCCCNC(=O)OC(C)(C)C)cc1. The topological polar surface area (TPSA) is 72.5 Å². The van der Waals surface area contributed by atoms with E-state index in [9.17, 15) is 14.4 Å². The molecular weight excluding hydrogens is 466 g/mol. The third-order valence-electron chi connectivity index (χ3n) is 3.65. The van der Waals surface area contributed by atoms with E-state index in [2.05, 4.69) is 45.5 Å². The Labute approximate surface area is 194 Å². The number of aryl methyl sites for hydroxylation is 1. The van der Waals surface area contributed by atoms with Crippen molar-refractivity contribution in [1.82, 2.24) is 5.32 Å². The van der Waals surface area contributed by atoms with E-state index < -0.39 is 5.60 Å². The van der Waals surface area contributed by atoms with Gasteiger partial charge in [-0.1, -0.05) is 28.1 Å². The van der Waals surface area contributed by atoms with E-state index in [-0.39, 0.29) is 17.7 Å². The summed E-state index contributed by atoms with van der Waals surface area (Å²) in [6, 6.07) is 8.49. The minimum absolute atomic E-state index is 0.235. The molecule has 0 atom stereocenters. The van der Waals surface area contributed by atoms with Crippen molar-refractivity contribution in [2.45, 2.75) is 77.2 Å². The van der Waals surface area contributed by atoms with Crippen LogP contribution < -0.4 is 5.32 Å². The molecule has 7 heteroatoms. The Morgan fingerprint density at radius 2 is 1.60 bits per heavy atom. The van der Waals surface area contributed by atoms with Crippen molar-refractivity contribution in [3.05, 3.63) is 29.8 Å². The first kappa shape index (κ1) is 28.7. The smallest absolute Gasteiger partial charge is 0.407 e. The number of thioether (sulfide) groups is 1. The number of hydrogen-bond acceptors (Lipinski definition) is 5. The maximum atomic E-state index is 11.5. The standard InChI is InChI=1S/C19H29NO3S.C4H7BrO/c1-15(21)12-14-24-17-10-8-16(9-11-17)7-5-6-13-20-18(22)23-19(2,3)4;1-4(6)2-3-5/h8-11H,5-7,12-14H2,1-4H3,(H,20,22);2-3H2,1H3. The predicted octanol–water partition coefficient (Wildman–Crippen LogP) is 5.97. The molecule has 30 heavy (non-hydrogen) atoms. The fourth-order valence-corrected chi connectivity index (χ4v) is 3.67. The molecule has 0 fully saturated rings. The highest BCUT2D eigenvalue weighted by molar-refractivity contribution is 9.09. The van der Waals surface area contributed by atoms with Crippen LogP contribution in [0.4, 0.5) is 4.79 Å². The fraction of sp³-hybridized carbons (Fsp3) is 0.609. The van der Waals surface area contributed by atoms with Crippen LogP contribution in [0.5, 0.6) is 0 Å². The Balaban J connectivity index is 0.00000122. The van der Waals surface area contributed by atoms with Crippen molar-refractivity contribution in [1.29, 1.82) is 0 Å². The first-order chi connectivity index (χ1) is 14.0. The summed E-state index contributed by atoms with van der Waals surface area (Å²) in [4.78, 5) is 33.6. The number of carbonyl (C=O) groups is 3. The second-order valence-electron chi connectivity index (χ2n) is 7.97. The van der Waals surface area contributed by atoms with E-state index in [1.807, 2.05) is 20.8 Å². The molecule has 1 rings (SSSR count). The third kappa shape index (κ3) is 18.7. The van der Waals surface area contributed by atoms with Gasteiger partial charge in [0.25, 0.3) is 0 Å². The van der Waals surface area contributed by atoms with Crippen LogP contribution in [0.1, 0.15) is 65.9 Å². The molecule has 0 heterocycles. The molecule has 0 aromatic heterocycles.